The fourth-order valence-corrected chi connectivity index (χ4v) is 0.963. The molecular weight excluding hydrogens is 206 g/mol. The summed E-state index contributed by atoms with van der Waals surface area (Å²) in [6, 6.07) is 6.04. The molecule has 0 saturated carbocycles. The predicted octanol–water partition coefficient (Wildman–Crippen LogP) is 1.33. The molecule has 0 aliphatic carbocycles. The summed E-state index contributed by atoms with van der Waals surface area (Å²) in [4.78, 5) is 10.0. The number of hydrogen-bond acceptors (Lipinski definition) is 3. The monoisotopic (exact) mass is 215 g/mol. The minimum Gasteiger partial charge on any atom is -0.395 e. The summed E-state index contributed by atoms with van der Waals surface area (Å²) in [5.41, 5.74) is 0.558. The van der Waals surface area contributed by atoms with Crippen LogP contribution in [0.3, 0.4) is 0 Å². The predicted molar refractivity (Wildman–Crippen MR) is 59.5 cm³/mol. The van der Waals surface area contributed by atoms with E-state index >= 15 is 0 Å². The molecule has 80 valence electrons. The fraction of sp³-hybridized carbons (Fsp3) is 0.167. The van der Waals surface area contributed by atoms with E-state index < -0.39 is 4.92 Å². The zero-order valence-corrected chi connectivity index (χ0v) is 8.43. The second-order valence-electron chi connectivity index (χ2n) is 2.83. The molecule has 0 aliphatic rings. The number of nitrogens with zero attached hydrogens (tertiary/aromatic N) is 1. The molecular formula is C12H9NO3. The molecule has 0 fully saturated rings. The molecule has 0 spiro atoms. The van der Waals surface area contributed by atoms with Crippen LogP contribution in [0.5, 0.6) is 0 Å². The number of nitro groups is 1. The van der Waals surface area contributed by atoms with E-state index in [-0.39, 0.29) is 12.3 Å². The van der Waals surface area contributed by atoms with Crippen LogP contribution < -0.4 is 0 Å². The third-order valence-electron chi connectivity index (χ3n) is 1.65. The molecule has 0 saturated heterocycles. The average Bonchev–Trinajstić information content (AvgIpc) is 2.29. The molecule has 0 heterocycles. The second-order valence-corrected chi connectivity index (χ2v) is 2.83. The Kier molecular flexibility index (Phi) is 4.59. The summed E-state index contributed by atoms with van der Waals surface area (Å²) in [5.74, 6) is 10.4. The van der Waals surface area contributed by atoms with E-state index in [0.29, 0.717) is 12.0 Å². The molecule has 0 aromatic heterocycles. The van der Waals surface area contributed by atoms with Gasteiger partial charge in [-0.1, -0.05) is 17.9 Å². The fourth-order valence-electron chi connectivity index (χ4n) is 0.963. The molecule has 0 radical (unpaired) electrons. The maximum Gasteiger partial charge on any atom is 0.270 e. The lowest BCUT2D eigenvalue weighted by Gasteiger charge is -1.90. The zero-order valence-electron chi connectivity index (χ0n) is 8.43. The highest BCUT2D eigenvalue weighted by Crippen LogP contribution is 2.11. The van der Waals surface area contributed by atoms with Crippen LogP contribution in [-0.4, -0.2) is 16.6 Å². The molecule has 1 aromatic carbocycles. The van der Waals surface area contributed by atoms with Crippen molar-refractivity contribution < 1.29 is 10.0 Å². The summed E-state index contributed by atoms with van der Waals surface area (Å²) >= 11 is 0. The maximum absolute atomic E-state index is 10.5. The minimum absolute atomic E-state index is 0.00545. The van der Waals surface area contributed by atoms with Crippen molar-refractivity contribution in [2.45, 2.75) is 6.42 Å². The topological polar surface area (TPSA) is 63.4 Å². The van der Waals surface area contributed by atoms with E-state index in [2.05, 4.69) is 23.7 Å². The van der Waals surface area contributed by atoms with Crippen LogP contribution in [0.2, 0.25) is 0 Å². The van der Waals surface area contributed by atoms with Gasteiger partial charge in [0.05, 0.1) is 11.5 Å². The summed E-state index contributed by atoms with van der Waals surface area (Å²) in [6.45, 7) is 0.00545. The van der Waals surface area contributed by atoms with Crippen molar-refractivity contribution in [3.8, 4) is 23.7 Å². The summed E-state index contributed by atoms with van der Waals surface area (Å²) in [7, 11) is 0. The van der Waals surface area contributed by atoms with Crippen molar-refractivity contribution in [1.29, 1.82) is 0 Å². The standard InChI is InChI=1S/C12H9NO3/c14-9-4-2-1-3-6-11-7-5-8-12(10-11)13(15)16/h5,7-8,10,14H,4,9H2. The van der Waals surface area contributed by atoms with Gasteiger partial charge in [0.25, 0.3) is 5.69 Å². The molecule has 0 atom stereocenters. The van der Waals surface area contributed by atoms with Crippen LogP contribution in [0.15, 0.2) is 24.3 Å². The van der Waals surface area contributed by atoms with Gasteiger partial charge in [0, 0.05) is 24.1 Å². The first-order chi connectivity index (χ1) is 7.74. The second kappa shape index (κ2) is 6.23. The molecule has 4 heteroatoms. The van der Waals surface area contributed by atoms with E-state index in [1.54, 1.807) is 12.1 Å². The first-order valence-electron chi connectivity index (χ1n) is 4.58. The van der Waals surface area contributed by atoms with Crippen LogP contribution in [0.25, 0.3) is 0 Å². The zero-order chi connectivity index (χ0) is 11.8. The van der Waals surface area contributed by atoms with Crippen molar-refractivity contribution >= 4 is 5.69 Å². The lowest BCUT2D eigenvalue weighted by molar-refractivity contribution is -0.384. The van der Waals surface area contributed by atoms with E-state index in [1.807, 2.05) is 0 Å². The van der Waals surface area contributed by atoms with E-state index in [1.165, 1.54) is 12.1 Å². The normalized spacial score (nSPS) is 8.31. The molecule has 1 rings (SSSR count). The molecule has 16 heavy (non-hydrogen) atoms. The number of aliphatic hydroxyl groups is 1. The number of hydrogen-bond donors (Lipinski definition) is 1. The van der Waals surface area contributed by atoms with Crippen LogP contribution in [0.1, 0.15) is 12.0 Å². The average molecular weight is 215 g/mol. The van der Waals surface area contributed by atoms with Crippen LogP contribution in [0.4, 0.5) is 5.69 Å². The highest BCUT2D eigenvalue weighted by atomic mass is 16.6. The molecule has 0 unspecified atom stereocenters. The highest BCUT2D eigenvalue weighted by Gasteiger charge is 2.03. The van der Waals surface area contributed by atoms with E-state index in [0.717, 1.165) is 0 Å². The van der Waals surface area contributed by atoms with Gasteiger partial charge >= 0.3 is 0 Å². The van der Waals surface area contributed by atoms with Crippen LogP contribution in [-0.2, 0) is 0 Å². The van der Waals surface area contributed by atoms with Crippen LogP contribution in [0, 0.1) is 33.8 Å². The Morgan fingerprint density at radius 1 is 1.38 bits per heavy atom. The Morgan fingerprint density at radius 2 is 2.19 bits per heavy atom. The maximum atomic E-state index is 10.5. The van der Waals surface area contributed by atoms with E-state index in [4.69, 9.17) is 5.11 Å². The molecule has 1 N–H and O–H groups in total. The van der Waals surface area contributed by atoms with Gasteiger partial charge in [-0.05, 0) is 17.9 Å². The SMILES string of the molecule is O=[N+]([O-])c1cccc(C#CC#CCCO)c1. The molecule has 0 aliphatic heterocycles. The lowest BCUT2D eigenvalue weighted by Crippen LogP contribution is -1.87. The van der Waals surface area contributed by atoms with Crippen molar-refractivity contribution in [2.75, 3.05) is 6.61 Å². The summed E-state index contributed by atoms with van der Waals surface area (Å²) < 4.78 is 0. The van der Waals surface area contributed by atoms with Crippen LogP contribution >= 0.6 is 0 Å². The third kappa shape index (κ3) is 3.83. The quantitative estimate of drug-likeness (QED) is 0.460. The van der Waals surface area contributed by atoms with Gasteiger partial charge in [0.1, 0.15) is 0 Å². The Balaban J connectivity index is 2.79. The van der Waals surface area contributed by atoms with Gasteiger partial charge in [-0.2, -0.15) is 0 Å². The van der Waals surface area contributed by atoms with Gasteiger partial charge < -0.3 is 5.11 Å². The van der Waals surface area contributed by atoms with E-state index in [9.17, 15) is 10.1 Å². The van der Waals surface area contributed by atoms with Gasteiger partial charge in [-0.15, -0.1) is 0 Å². The largest absolute Gasteiger partial charge is 0.395 e. The summed E-state index contributed by atoms with van der Waals surface area (Å²) in [6.07, 6.45) is 0.379. The Hall–Kier alpha value is -2.30. The minimum atomic E-state index is -0.470. The number of nitro benzene ring substituents is 1. The number of rotatable bonds is 2. The number of aliphatic hydroxyl groups excluding tert-OH is 1. The van der Waals surface area contributed by atoms with Gasteiger partial charge in [0.15, 0.2) is 0 Å². The summed E-state index contributed by atoms with van der Waals surface area (Å²) in [5, 5.41) is 18.9. The van der Waals surface area contributed by atoms with Crippen molar-refractivity contribution in [3.63, 3.8) is 0 Å². The molecule has 4 nitrogen and oxygen atoms in total. The molecule has 0 bridgehead atoms. The third-order valence-corrected chi connectivity index (χ3v) is 1.65. The molecule has 0 amide bonds. The number of benzene rings is 1. The Bertz CT molecular complexity index is 500. The lowest BCUT2D eigenvalue weighted by atomic mass is 10.2. The van der Waals surface area contributed by atoms with Crippen molar-refractivity contribution in [2.24, 2.45) is 0 Å². The first-order valence-corrected chi connectivity index (χ1v) is 4.58. The van der Waals surface area contributed by atoms with Gasteiger partial charge in [0.2, 0.25) is 0 Å². The first kappa shape index (κ1) is 11.8. The highest BCUT2D eigenvalue weighted by molar-refractivity contribution is 5.45. The van der Waals surface area contributed by atoms with Gasteiger partial charge in [-0.3, -0.25) is 10.1 Å². The Labute approximate surface area is 93.1 Å². The van der Waals surface area contributed by atoms with Crippen molar-refractivity contribution in [3.05, 3.63) is 39.9 Å². The van der Waals surface area contributed by atoms with Gasteiger partial charge in [-0.25, -0.2) is 0 Å². The number of non-ortho nitro benzene ring substituents is 1. The van der Waals surface area contributed by atoms with Crippen molar-refractivity contribution in [1.82, 2.24) is 0 Å². The Morgan fingerprint density at radius 3 is 2.88 bits per heavy atom. The molecule has 1 aromatic rings. The smallest absolute Gasteiger partial charge is 0.270 e.